The number of nitrogens with zero attached hydrogens (tertiary/aromatic N) is 1. The van der Waals surface area contributed by atoms with Crippen molar-refractivity contribution >= 4 is 0 Å². The van der Waals surface area contributed by atoms with Crippen molar-refractivity contribution in [2.75, 3.05) is 0 Å². The van der Waals surface area contributed by atoms with Gasteiger partial charge in [-0.1, -0.05) is 147 Å². The molecule has 0 amide bonds. The molecule has 3 aromatic carbocycles. The maximum absolute atomic E-state index is 3.91. The first-order valence-corrected chi connectivity index (χ1v) is 13.9. The quantitative estimate of drug-likeness (QED) is 0.267. The minimum Gasteiger partial charge on any atom is -0.359 e. The van der Waals surface area contributed by atoms with Gasteiger partial charge in [0, 0.05) is 17.7 Å². The Kier molecular flexibility index (Phi) is 7.65. The van der Waals surface area contributed by atoms with E-state index in [-0.39, 0.29) is 23.4 Å². The van der Waals surface area contributed by atoms with Crippen molar-refractivity contribution < 1.29 is 0 Å². The Morgan fingerprint density at radius 2 is 1.61 bits per heavy atom. The van der Waals surface area contributed by atoms with Crippen LogP contribution in [0.4, 0.5) is 0 Å². The number of hydrogen-bond acceptors (Lipinski definition) is 1. The van der Waals surface area contributed by atoms with Crippen molar-refractivity contribution in [3.63, 3.8) is 0 Å². The molecule has 0 aliphatic heterocycles. The van der Waals surface area contributed by atoms with E-state index in [0.29, 0.717) is 0 Å². The van der Waals surface area contributed by atoms with E-state index in [9.17, 15) is 0 Å². The van der Waals surface area contributed by atoms with Crippen molar-refractivity contribution in [1.82, 2.24) is 4.90 Å². The second kappa shape index (κ2) is 11.3. The molecule has 0 saturated carbocycles. The van der Waals surface area contributed by atoms with E-state index in [4.69, 9.17) is 0 Å². The largest absolute Gasteiger partial charge is 0.359 e. The van der Waals surface area contributed by atoms with Gasteiger partial charge in [-0.15, -0.1) is 0 Å². The molecular formula is C37H39N. The summed E-state index contributed by atoms with van der Waals surface area (Å²) in [4.78, 5) is 2.59. The summed E-state index contributed by atoms with van der Waals surface area (Å²) in [7, 11) is 0. The Morgan fingerprint density at radius 1 is 0.974 bits per heavy atom. The average molecular weight is 498 g/mol. The standard InChI is InChI=1S/C37H39N/c1-5-7-16-29(4)38(35-24-23-28(3)25-35)34(6-2)27-33-26-30-17-14-15-22-36(30)37(33,31-18-10-8-11-19-31)32-20-12-9-13-21-32/h5,7-25,27,29,33,35H,1,6,26H2,2-4H3/b16-7-,34-27+. The molecule has 2 aliphatic carbocycles. The highest BCUT2D eigenvalue weighted by atomic mass is 15.2. The van der Waals surface area contributed by atoms with Crippen molar-refractivity contribution in [2.45, 2.75) is 51.1 Å². The van der Waals surface area contributed by atoms with Crippen LogP contribution in [0.1, 0.15) is 49.4 Å². The lowest BCUT2D eigenvalue weighted by atomic mass is 9.65. The first-order valence-electron chi connectivity index (χ1n) is 13.9. The molecule has 0 bridgehead atoms. The molecule has 0 fully saturated rings. The third kappa shape index (κ3) is 4.63. The summed E-state index contributed by atoms with van der Waals surface area (Å²) in [6.45, 7) is 10.7. The van der Waals surface area contributed by atoms with Gasteiger partial charge in [0.25, 0.3) is 0 Å². The number of allylic oxidation sites excluding steroid dienone is 6. The summed E-state index contributed by atoms with van der Waals surface area (Å²) in [5.41, 5.74) is 8.05. The van der Waals surface area contributed by atoms with Crippen molar-refractivity contribution in [2.24, 2.45) is 5.92 Å². The van der Waals surface area contributed by atoms with Crippen LogP contribution >= 0.6 is 0 Å². The molecule has 0 heterocycles. The highest BCUT2D eigenvalue weighted by molar-refractivity contribution is 5.59. The Bertz CT molecular complexity index is 1330. The molecule has 0 N–H and O–H groups in total. The lowest BCUT2D eigenvalue weighted by molar-refractivity contribution is 0.280. The van der Waals surface area contributed by atoms with Gasteiger partial charge in [-0.3, -0.25) is 0 Å². The highest BCUT2D eigenvalue weighted by Gasteiger charge is 2.48. The molecule has 1 heteroatoms. The fraction of sp³-hybridized carbons (Fsp3) is 0.243. The van der Waals surface area contributed by atoms with Crippen LogP contribution in [0.2, 0.25) is 0 Å². The zero-order valence-corrected chi connectivity index (χ0v) is 22.9. The maximum atomic E-state index is 3.91. The van der Waals surface area contributed by atoms with Gasteiger partial charge in [0.1, 0.15) is 0 Å². The van der Waals surface area contributed by atoms with Crippen LogP contribution in [0.25, 0.3) is 0 Å². The van der Waals surface area contributed by atoms with E-state index < -0.39 is 0 Å². The normalized spacial score (nSPS) is 20.8. The minimum absolute atomic E-state index is 0.239. The van der Waals surface area contributed by atoms with Crippen LogP contribution in [0.3, 0.4) is 0 Å². The van der Waals surface area contributed by atoms with E-state index in [0.717, 1.165) is 12.8 Å². The predicted octanol–water partition coefficient (Wildman–Crippen LogP) is 8.80. The molecule has 1 nitrogen and oxygen atoms in total. The monoisotopic (exact) mass is 497 g/mol. The number of fused-ring (bicyclic) bond motifs is 1. The summed E-state index contributed by atoms with van der Waals surface area (Å²) in [5, 5.41) is 0. The zero-order chi connectivity index (χ0) is 26.5. The third-order valence-corrected chi connectivity index (χ3v) is 8.26. The van der Waals surface area contributed by atoms with Crippen molar-refractivity contribution in [1.29, 1.82) is 0 Å². The Labute approximate surface area is 229 Å². The van der Waals surface area contributed by atoms with Gasteiger partial charge in [0.2, 0.25) is 0 Å². The second-order valence-electron chi connectivity index (χ2n) is 10.5. The molecule has 0 spiro atoms. The third-order valence-electron chi connectivity index (χ3n) is 8.26. The first-order chi connectivity index (χ1) is 18.6. The van der Waals surface area contributed by atoms with E-state index in [1.165, 1.54) is 33.5 Å². The molecule has 38 heavy (non-hydrogen) atoms. The van der Waals surface area contributed by atoms with Crippen molar-refractivity contribution in [3.8, 4) is 0 Å². The van der Waals surface area contributed by atoms with E-state index in [2.05, 4.69) is 154 Å². The molecule has 0 radical (unpaired) electrons. The average Bonchev–Trinajstić information content (AvgIpc) is 3.53. The molecule has 2 aliphatic rings. The smallest absolute Gasteiger partial charge is 0.0668 e. The highest BCUT2D eigenvalue weighted by Crippen LogP contribution is 2.53. The molecule has 0 aromatic heterocycles. The maximum Gasteiger partial charge on any atom is 0.0668 e. The Balaban J connectivity index is 1.72. The lowest BCUT2D eigenvalue weighted by Crippen LogP contribution is -2.39. The van der Waals surface area contributed by atoms with E-state index in [1.807, 2.05) is 6.08 Å². The van der Waals surface area contributed by atoms with Crippen LogP contribution in [0, 0.1) is 5.92 Å². The molecule has 192 valence electrons. The Hall–Kier alpha value is -3.84. The minimum atomic E-state index is -0.247. The van der Waals surface area contributed by atoms with Gasteiger partial charge in [0.05, 0.1) is 11.5 Å². The van der Waals surface area contributed by atoms with Gasteiger partial charge in [0.15, 0.2) is 0 Å². The van der Waals surface area contributed by atoms with Crippen LogP contribution in [0.5, 0.6) is 0 Å². The van der Waals surface area contributed by atoms with Gasteiger partial charge < -0.3 is 4.90 Å². The summed E-state index contributed by atoms with van der Waals surface area (Å²) < 4.78 is 0. The first kappa shape index (κ1) is 25.8. The molecule has 3 unspecified atom stereocenters. The molecule has 0 saturated heterocycles. The molecular weight excluding hydrogens is 458 g/mol. The van der Waals surface area contributed by atoms with Gasteiger partial charge >= 0.3 is 0 Å². The van der Waals surface area contributed by atoms with Crippen LogP contribution < -0.4 is 0 Å². The van der Waals surface area contributed by atoms with Crippen LogP contribution in [-0.4, -0.2) is 17.0 Å². The van der Waals surface area contributed by atoms with Gasteiger partial charge in [-0.2, -0.15) is 0 Å². The predicted molar refractivity (Wildman–Crippen MR) is 162 cm³/mol. The summed E-state index contributed by atoms with van der Waals surface area (Å²) in [6.07, 6.45) is 17.8. The second-order valence-corrected chi connectivity index (χ2v) is 10.5. The van der Waals surface area contributed by atoms with Crippen molar-refractivity contribution in [3.05, 3.63) is 168 Å². The van der Waals surface area contributed by atoms with E-state index in [1.54, 1.807) is 0 Å². The molecule has 5 rings (SSSR count). The van der Waals surface area contributed by atoms with E-state index >= 15 is 0 Å². The number of benzene rings is 3. The SMILES string of the molecule is C=C/C=C\C(C)N(/C(=C/C1Cc2ccccc2C1(c1ccccc1)c1ccccc1)CC)C1C=CC(C)=C1. The fourth-order valence-corrected chi connectivity index (χ4v) is 6.64. The Morgan fingerprint density at radius 3 is 2.18 bits per heavy atom. The molecule has 3 aromatic rings. The number of hydrogen-bond donors (Lipinski definition) is 0. The topological polar surface area (TPSA) is 3.24 Å². The molecule has 3 atom stereocenters. The van der Waals surface area contributed by atoms with Crippen LogP contribution in [-0.2, 0) is 11.8 Å². The lowest BCUT2D eigenvalue weighted by Gasteiger charge is -2.40. The fourth-order valence-electron chi connectivity index (χ4n) is 6.64. The summed E-state index contributed by atoms with van der Waals surface area (Å²) in [6, 6.07) is 31.9. The number of rotatable bonds is 9. The zero-order valence-electron chi connectivity index (χ0n) is 22.9. The summed E-state index contributed by atoms with van der Waals surface area (Å²) >= 11 is 0. The van der Waals surface area contributed by atoms with Crippen LogP contribution in [0.15, 0.2) is 145 Å². The summed E-state index contributed by atoms with van der Waals surface area (Å²) in [5.74, 6) is 0.285. The van der Waals surface area contributed by atoms with Gasteiger partial charge in [-0.05, 0) is 48.9 Å². The van der Waals surface area contributed by atoms with Gasteiger partial charge in [-0.25, -0.2) is 0 Å².